The average Bonchev–Trinajstić information content (AvgIpc) is 2.96. The zero-order valence-electron chi connectivity index (χ0n) is 11.8. The van der Waals surface area contributed by atoms with Crippen LogP contribution in [0.4, 0.5) is 0 Å². The van der Waals surface area contributed by atoms with E-state index < -0.39 is 0 Å². The second kappa shape index (κ2) is 6.39. The van der Waals surface area contributed by atoms with Crippen LogP contribution in [0.15, 0.2) is 47.1 Å². The molecule has 0 aliphatic rings. The number of rotatable bonds is 5. The van der Waals surface area contributed by atoms with Crippen LogP contribution in [0.3, 0.4) is 0 Å². The zero-order chi connectivity index (χ0) is 14.5. The predicted molar refractivity (Wildman–Crippen MR) is 78.4 cm³/mol. The van der Waals surface area contributed by atoms with Gasteiger partial charge in [0, 0.05) is 12.0 Å². The van der Waals surface area contributed by atoms with Crippen LogP contribution >= 0.6 is 0 Å². The van der Waals surface area contributed by atoms with E-state index in [9.17, 15) is 4.79 Å². The molecular weight excluding hydrogens is 252 g/mol. The smallest absolute Gasteiger partial charge is 0.254 e. The van der Waals surface area contributed by atoms with Crippen LogP contribution in [0.1, 0.15) is 41.4 Å². The van der Waals surface area contributed by atoms with Gasteiger partial charge in [0.15, 0.2) is 0 Å². The fourth-order valence-corrected chi connectivity index (χ4v) is 2.07. The lowest BCUT2D eigenvalue weighted by atomic mass is 9.94. The van der Waals surface area contributed by atoms with E-state index in [0.717, 1.165) is 0 Å². The van der Waals surface area contributed by atoms with Gasteiger partial charge in [-0.25, -0.2) is 0 Å². The summed E-state index contributed by atoms with van der Waals surface area (Å²) in [7, 11) is 0. The van der Waals surface area contributed by atoms with Crippen LogP contribution in [0.25, 0.3) is 0 Å². The van der Waals surface area contributed by atoms with Gasteiger partial charge in [-0.15, -0.1) is 0 Å². The van der Waals surface area contributed by atoms with Crippen molar-refractivity contribution >= 4 is 5.91 Å². The van der Waals surface area contributed by atoms with Crippen molar-refractivity contribution in [1.29, 1.82) is 0 Å². The molecule has 0 aliphatic carbocycles. The maximum Gasteiger partial charge on any atom is 0.254 e. The summed E-state index contributed by atoms with van der Waals surface area (Å²) >= 11 is 0. The highest BCUT2D eigenvalue weighted by atomic mass is 16.3. The Bertz CT molecular complexity index is 563. The zero-order valence-corrected chi connectivity index (χ0v) is 11.8. The molecular formula is C16H20N2O2. The molecule has 0 radical (unpaired) electrons. The van der Waals surface area contributed by atoms with E-state index in [1.807, 2.05) is 25.1 Å². The molecule has 106 valence electrons. The molecule has 2 unspecified atom stereocenters. The Morgan fingerprint density at radius 1 is 1.30 bits per heavy atom. The van der Waals surface area contributed by atoms with Crippen LogP contribution in [-0.4, -0.2) is 11.9 Å². The summed E-state index contributed by atoms with van der Waals surface area (Å²) < 4.78 is 5.18. The van der Waals surface area contributed by atoms with Gasteiger partial charge in [-0.1, -0.05) is 37.3 Å². The van der Waals surface area contributed by atoms with Crippen molar-refractivity contribution in [3.63, 3.8) is 0 Å². The fraction of sp³-hybridized carbons (Fsp3) is 0.312. The summed E-state index contributed by atoms with van der Waals surface area (Å²) in [5.74, 6) is 0.712. The van der Waals surface area contributed by atoms with Crippen molar-refractivity contribution in [2.75, 3.05) is 0 Å². The van der Waals surface area contributed by atoms with Crippen LogP contribution in [0.2, 0.25) is 0 Å². The van der Waals surface area contributed by atoms with Gasteiger partial charge < -0.3 is 15.5 Å². The Labute approximate surface area is 119 Å². The molecule has 1 amide bonds. The number of carbonyl (C=O) groups excluding carboxylic acids is 1. The number of furan rings is 1. The van der Waals surface area contributed by atoms with Gasteiger partial charge in [0.05, 0.1) is 12.1 Å². The van der Waals surface area contributed by atoms with E-state index >= 15 is 0 Å². The van der Waals surface area contributed by atoms with Gasteiger partial charge in [0.1, 0.15) is 12.0 Å². The van der Waals surface area contributed by atoms with Crippen LogP contribution in [0, 0.1) is 0 Å². The molecule has 4 nitrogen and oxygen atoms in total. The predicted octanol–water partition coefficient (Wildman–Crippen LogP) is 2.66. The first kappa shape index (κ1) is 14.3. The molecule has 0 fully saturated rings. The number of hydrogen-bond donors (Lipinski definition) is 2. The molecule has 20 heavy (non-hydrogen) atoms. The maximum atomic E-state index is 12.1. The van der Waals surface area contributed by atoms with Crippen LogP contribution in [-0.2, 0) is 6.54 Å². The minimum Gasteiger partial charge on any atom is -0.467 e. The SMILES string of the molecule is CC(NC(=O)c1coc(CN)c1)C(C)c1ccccc1. The van der Waals surface area contributed by atoms with Gasteiger partial charge in [-0.05, 0) is 18.6 Å². The lowest BCUT2D eigenvalue weighted by molar-refractivity contribution is 0.0935. The largest absolute Gasteiger partial charge is 0.467 e. The molecule has 0 saturated heterocycles. The van der Waals surface area contributed by atoms with Crippen molar-refractivity contribution in [2.24, 2.45) is 5.73 Å². The van der Waals surface area contributed by atoms with E-state index in [1.54, 1.807) is 6.07 Å². The molecule has 2 atom stereocenters. The van der Waals surface area contributed by atoms with Gasteiger partial charge in [0.25, 0.3) is 5.91 Å². The van der Waals surface area contributed by atoms with E-state index in [2.05, 4.69) is 24.4 Å². The normalized spacial score (nSPS) is 13.8. The molecule has 4 heteroatoms. The Morgan fingerprint density at radius 2 is 2.00 bits per heavy atom. The van der Waals surface area contributed by atoms with Crippen molar-refractivity contribution in [3.05, 3.63) is 59.5 Å². The quantitative estimate of drug-likeness (QED) is 0.879. The molecule has 1 aromatic carbocycles. The first-order valence-electron chi connectivity index (χ1n) is 6.75. The number of carbonyl (C=O) groups is 1. The lowest BCUT2D eigenvalue weighted by Crippen LogP contribution is -2.35. The molecule has 0 spiro atoms. The van der Waals surface area contributed by atoms with Crippen molar-refractivity contribution in [3.8, 4) is 0 Å². The monoisotopic (exact) mass is 272 g/mol. The van der Waals surface area contributed by atoms with E-state index in [1.165, 1.54) is 11.8 Å². The van der Waals surface area contributed by atoms with Crippen molar-refractivity contribution in [1.82, 2.24) is 5.32 Å². The third kappa shape index (κ3) is 3.27. The molecule has 3 N–H and O–H groups in total. The van der Waals surface area contributed by atoms with Crippen LogP contribution < -0.4 is 11.1 Å². The summed E-state index contributed by atoms with van der Waals surface area (Å²) in [5.41, 5.74) is 7.18. The van der Waals surface area contributed by atoms with Gasteiger partial charge in [0.2, 0.25) is 0 Å². The van der Waals surface area contributed by atoms with Gasteiger partial charge >= 0.3 is 0 Å². The van der Waals surface area contributed by atoms with E-state index in [0.29, 0.717) is 17.9 Å². The van der Waals surface area contributed by atoms with Gasteiger partial charge in [-0.3, -0.25) is 4.79 Å². The number of hydrogen-bond acceptors (Lipinski definition) is 3. The molecule has 2 rings (SSSR count). The molecule has 0 aliphatic heterocycles. The van der Waals surface area contributed by atoms with E-state index in [-0.39, 0.29) is 17.9 Å². The number of benzene rings is 1. The third-order valence-electron chi connectivity index (χ3n) is 3.55. The minimum absolute atomic E-state index is 0.0288. The lowest BCUT2D eigenvalue weighted by Gasteiger charge is -2.21. The Morgan fingerprint density at radius 3 is 2.60 bits per heavy atom. The first-order chi connectivity index (χ1) is 9.61. The second-order valence-electron chi connectivity index (χ2n) is 4.97. The van der Waals surface area contributed by atoms with Crippen molar-refractivity contribution < 1.29 is 9.21 Å². The summed E-state index contributed by atoms with van der Waals surface area (Å²) in [5, 5.41) is 2.99. The molecule has 2 aromatic rings. The summed E-state index contributed by atoms with van der Waals surface area (Å²) in [6.45, 7) is 4.39. The number of nitrogens with two attached hydrogens (primary N) is 1. The molecule has 1 aromatic heterocycles. The minimum atomic E-state index is -0.135. The second-order valence-corrected chi connectivity index (χ2v) is 4.97. The Balaban J connectivity index is 2.00. The summed E-state index contributed by atoms with van der Waals surface area (Å²) in [6.07, 6.45) is 1.44. The number of amides is 1. The average molecular weight is 272 g/mol. The fourth-order valence-electron chi connectivity index (χ4n) is 2.07. The molecule has 0 saturated carbocycles. The summed E-state index contributed by atoms with van der Waals surface area (Å²) in [4.78, 5) is 12.1. The maximum absolute atomic E-state index is 12.1. The molecule has 1 heterocycles. The Hall–Kier alpha value is -2.07. The molecule has 0 bridgehead atoms. The topological polar surface area (TPSA) is 68.3 Å². The highest BCUT2D eigenvalue weighted by molar-refractivity contribution is 5.94. The number of nitrogens with one attached hydrogen (secondary N) is 1. The van der Waals surface area contributed by atoms with E-state index in [4.69, 9.17) is 10.2 Å². The van der Waals surface area contributed by atoms with Gasteiger partial charge in [-0.2, -0.15) is 0 Å². The standard InChI is InChI=1S/C16H20N2O2/c1-11(13-6-4-3-5-7-13)12(2)18-16(19)14-8-15(9-17)20-10-14/h3-8,10-12H,9,17H2,1-2H3,(H,18,19). The highest BCUT2D eigenvalue weighted by Crippen LogP contribution is 2.19. The highest BCUT2D eigenvalue weighted by Gasteiger charge is 2.18. The summed E-state index contributed by atoms with van der Waals surface area (Å²) in [6, 6.07) is 11.8. The van der Waals surface area contributed by atoms with Crippen molar-refractivity contribution in [2.45, 2.75) is 32.4 Å². The third-order valence-corrected chi connectivity index (χ3v) is 3.55. The first-order valence-corrected chi connectivity index (χ1v) is 6.75. The Kier molecular flexibility index (Phi) is 4.58. The van der Waals surface area contributed by atoms with Crippen LogP contribution in [0.5, 0.6) is 0 Å².